The molecular formula is C54H37N5. The fraction of sp³-hybridized carbons (Fsp3) is 0.0556. The Labute approximate surface area is 341 Å². The van der Waals surface area contributed by atoms with Crippen molar-refractivity contribution in [1.29, 1.82) is 0 Å². The third-order valence-electron chi connectivity index (χ3n) is 12.3. The van der Waals surface area contributed by atoms with Crippen LogP contribution >= 0.6 is 0 Å². The third kappa shape index (κ3) is 4.88. The molecule has 0 aliphatic heterocycles. The summed E-state index contributed by atoms with van der Waals surface area (Å²) in [6, 6.07) is 66.8. The Hall–Kier alpha value is -7.63. The predicted molar refractivity (Wildman–Crippen MR) is 242 cm³/mol. The standard InChI is InChI=1S/C54H37N5/c1-54(2)42-27-15-12-24-39(42)45-46-40-25-13-16-28-43(40)58(49(46)47-41-26-14-17-29-44(41)59(50(47)48(45)54)37-22-10-5-11-23-37)38-32-30-36(31-33-38)53-56-51(34-18-6-3-7-19-34)55-52(57-53)35-20-8-4-9-21-35/h3-33H,1-2H3. The molecule has 11 aromatic rings. The molecule has 0 atom stereocenters. The summed E-state index contributed by atoms with van der Waals surface area (Å²) in [7, 11) is 0. The fourth-order valence-electron chi connectivity index (χ4n) is 9.76. The Morgan fingerprint density at radius 2 is 0.831 bits per heavy atom. The van der Waals surface area contributed by atoms with E-state index in [1.165, 1.54) is 65.9 Å². The number of nitrogens with zero attached hydrogens (tertiary/aromatic N) is 5. The Balaban J connectivity index is 1.17. The van der Waals surface area contributed by atoms with Crippen LogP contribution < -0.4 is 0 Å². The van der Waals surface area contributed by atoms with E-state index in [-0.39, 0.29) is 5.41 Å². The highest BCUT2D eigenvalue weighted by Crippen LogP contribution is 2.58. The van der Waals surface area contributed by atoms with Crippen LogP contribution in [0.25, 0.3) is 100 Å². The molecule has 0 radical (unpaired) electrons. The molecule has 278 valence electrons. The lowest BCUT2D eigenvalue weighted by molar-refractivity contribution is 0.664. The largest absolute Gasteiger partial charge is 0.309 e. The minimum absolute atomic E-state index is 0.244. The van der Waals surface area contributed by atoms with E-state index in [1.54, 1.807) is 0 Å². The van der Waals surface area contributed by atoms with E-state index >= 15 is 0 Å². The molecule has 0 N–H and O–H groups in total. The SMILES string of the molecule is CC1(C)c2ccccc2-c2c1c1c(c3ccccc3n1-c1ccccc1)c1c2c2ccccc2n1-c1ccc(-c2nc(-c3ccccc3)nc(-c3ccccc3)n2)cc1. The molecule has 3 aromatic heterocycles. The highest BCUT2D eigenvalue weighted by Gasteiger charge is 2.41. The summed E-state index contributed by atoms with van der Waals surface area (Å²) in [5.41, 5.74) is 15.0. The lowest BCUT2D eigenvalue weighted by Gasteiger charge is -2.24. The van der Waals surface area contributed by atoms with Crippen LogP contribution in [0.2, 0.25) is 0 Å². The Morgan fingerprint density at radius 3 is 1.42 bits per heavy atom. The predicted octanol–water partition coefficient (Wildman–Crippen LogP) is 13.4. The lowest BCUT2D eigenvalue weighted by Crippen LogP contribution is -2.16. The van der Waals surface area contributed by atoms with Crippen molar-refractivity contribution in [2.24, 2.45) is 0 Å². The number of fused-ring (bicyclic) bond motifs is 12. The molecule has 5 nitrogen and oxygen atoms in total. The fourth-order valence-corrected chi connectivity index (χ4v) is 9.76. The van der Waals surface area contributed by atoms with Gasteiger partial charge in [0.15, 0.2) is 17.5 Å². The molecule has 0 unspecified atom stereocenters. The molecule has 8 aromatic carbocycles. The highest BCUT2D eigenvalue weighted by atomic mass is 15.0. The first kappa shape index (κ1) is 33.5. The normalized spacial score (nSPS) is 13.1. The van der Waals surface area contributed by atoms with E-state index < -0.39 is 0 Å². The molecule has 0 saturated carbocycles. The van der Waals surface area contributed by atoms with E-state index in [0.717, 1.165) is 28.1 Å². The van der Waals surface area contributed by atoms with Gasteiger partial charge in [0, 0.05) is 55.0 Å². The molecular weight excluding hydrogens is 719 g/mol. The van der Waals surface area contributed by atoms with E-state index in [9.17, 15) is 0 Å². The molecule has 12 rings (SSSR count). The lowest BCUT2D eigenvalue weighted by atomic mass is 9.81. The minimum atomic E-state index is -0.244. The summed E-state index contributed by atoms with van der Waals surface area (Å²) in [5.74, 6) is 1.93. The maximum absolute atomic E-state index is 5.04. The third-order valence-corrected chi connectivity index (χ3v) is 12.3. The quantitative estimate of drug-likeness (QED) is 0.176. The van der Waals surface area contributed by atoms with Crippen molar-refractivity contribution in [2.45, 2.75) is 19.3 Å². The number of hydrogen-bond donors (Lipinski definition) is 0. The zero-order valence-corrected chi connectivity index (χ0v) is 32.6. The summed E-state index contributed by atoms with van der Waals surface area (Å²) in [4.78, 5) is 15.0. The van der Waals surface area contributed by atoms with E-state index in [0.29, 0.717) is 17.5 Å². The van der Waals surface area contributed by atoms with Crippen LogP contribution in [0.4, 0.5) is 0 Å². The molecule has 1 aliphatic carbocycles. The van der Waals surface area contributed by atoms with Crippen LogP contribution in [0.1, 0.15) is 25.0 Å². The first-order chi connectivity index (χ1) is 29.1. The molecule has 0 amide bonds. The van der Waals surface area contributed by atoms with Gasteiger partial charge >= 0.3 is 0 Å². The van der Waals surface area contributed by atoms with Crippen LogP contribution in [0.3, 0.4) is 0 Å². The monoisotopic (exact) mass is 755 g/mol. The number of rotatable bonds is 5. The van der Waals surface area contributed by atoms with E-state index in [4.69, 9.17) is 15.0 Å². The van der Waals surface area contributed by atoms with Crippen molar-refractivity contribution in [2.75, 3.05) is 0 Å². The second kappa shape index (κ2) is 12.7. The highest BCUT2D eigenvalue weighted by molar-refractivity contribution is 6.32. The molecule has 0 bridgehead atoms. The molecule has 1 aliphatic rings. The maximum Gasteiger partial charge on any atom is 0.164 e. The van der Waals surface area contributed by atoms with Gasteiger partial charge in [-0.3, -0.25) is 0 Å². The Kier molecular flexibility index (Phi) is 7.20. The second-order valence-corrected chi connectivity index (χ2v) is 16.0. The van der Waals surface area contributed by atoms with Crippen LogP contribution in [0, 0.1) is 0 Å². The van der Waals surface area contributed by atoms with Crippen molar-refractivity contribution in [3.8, 4) is 56.7 Å². The molecule has 5 heteroatoms. The average molecular weight is 756 g/mol. The molecule has 3 heterocycles. The van der Waals surface area contributed by atoms with Gasteiger partial charge in [0.25, 0.3) is 0 Å². The van der Waals surface area contributed by atoms with Gasteiger partial charge in [0.05, 0.1) is 22.1 Å². The Bertz CT molecular complexity index is 3380. The van der Waals surface area contributed by atoms with Gasteiger partial charge in [0.1, 0.15) is 0 Å². The van der Waals surface area contributed by atoms with Gasteiger partial charge in [-0.15, -0.1) is 0 Å². The van der Waals surface area contributed by atoms with Crippen LogP contribution in [0.15, 0.2) is 188 Å². The van der Waals surface area contributed by atoms with Crippen molar-refractivity contribution in [3.05, 3.63) is 199 Å². The van der Waals surface area contributed by atoms with Gasteiger partial charge < -0.3 is 9.13 Å². The number of benzene rings is 8. The molecule has 0 spiro atoms. The molecule has 0 fully saturated rings. The first-order valence-corrected chi connectivity index (χ1v) is 20.2. The van der Waals surface area contributed by atoms with Gasteiger partial charge in [-0.05, 0) is 70.8 Å². The van der Waals surface area contributed by atoms with Crippen LogP contribution in [-0.2, 0) is 5.41 Å². The van der Waals surface area contributed by atoms with Crippen molar-refractivity contribution in [3.63, 3.8) is 0 Å². The second-order valence-electron chi connectivity index (χ2n) is 16.0. The molecule has 0 saturated heterocycles. The smallest absolute Gasteiger partial charge is 0.164 e. The summed E-state index contributed by atoms with van der Waals surface area (Å²) < 4.78 is 5.00. The van der Waals surface area contributed by atoms with E-state index in [2.05, 4.69) is 150 Å². The van der Waals surface area contributed by atoms with Crippen LogP contribution in [-0.4, -0.2) is 24.1 Å². The molecule has 59 heavy (non-hydrogen) atoms. The van der Waals surface area contributed by atoms with Gasteiger partial charge in [-0.25, -0.2) is 15.0 Å². The summed E-state index contributed by atoms with van der Waals surface area (Å²) in [6.45, 7) is 4.81. The van der Waals surface area contributed by atoms with Gasteiger partial charge in [-0.2, -0.15) is 0 Å². The van der Waals surface area contributed by atoms with E-state index in [1.807, 2.05) is 60.7 Å². The minimum Gasteiger partial charge on any atom is -0.309 e. The Morgan fingerprint density at radius 1 is 0.390 bits per heavy atom. The summed E-state index contributed by atoms with van der Waals surface area (Å²) >= 11 is 0. The summed E-state index contributed by atoms with van der Waals surface area (Å²) in [6.07, 6.45) is 0. The number of aromatic nitrogens is 5. The summed E-state index contributed by atoms with van der Waals surface area (Å²) in [5, 5.41) is 5.03. The van der Waals surface area contributed by atoms with Crippen molar-refractivity contribution < 1.29 is 0 Å². The maximum atomic E-state index is 5.04. The number of hydrogen-bond acceptors (Lipinski definition) is 3. The van der Waals surface area contributed by atoms with Crippen molar-refractivity contribution in [1.82, 2.24) is 24.1 Å². The average Bonchev–Trinajstić information content (AvgIpc) is 3.90. The topological polar surface area (TPSA) is 48.5 Å². The number of para-hydroxylation sites is 3. The van der Waals surface area contributed by atoms with Crippen molar-refractivity contribution >= 4 is 43.6 Å². The van der Waals surface area contributed by atoms with Gasteiger partial charge in [0.2, 0.25) is 0 Å². The van der Waals surface area contributed by atoms with Gasteiger partial charge in [-0.1, -0.05) is 153 Å². The van der Waals surface area contributed by atoms with Crippen LogP contribution in [0.5, 0.6) is 0 Å². The zero-order chi connectivity index (χ0) is 39.2. The first-order valence-electron chi connectivity index (χ1n) is 20.2. The zero-order valence-electron chi connectivity index (χ0n) is 32.6.